The van der Waals surface area contributed by atoms with Crippen molar-refractivity contribution in [3.63, 3.8) is 0 Å². The zero-order chi connectivity index (χ0) is 11.6. The molecule has 1 aromatic rings. The highest BCUT2D eigenvalue weighted by Gasteiger charge is 2.28. The number of phenolic OH excluding ortho intramolecular Hbond substituents is 1. The van der Waals surface area contributed by atoms with Crippen LogP contribution in [0.25, 0.3) is 0 Å². The maximum absolute atomic E-state index is 10.8. The summed E-state index contributed by atoms with van der Waals surface area (Å²) >= 11 is 0. The number of hydrogen-bond acceptors (Lipinski definition) is 4. The number of aromatic hydroxyl groups is 1. The molecule has 0 bridgehead atoms. The number of phenols is 1. The Kier molecular flexibility index (Phi) is 2.85. The van der Waals surface area contributed by atoms with E-state index in [0.29, 0.717) is 5.56 Å². The first-order valence-corrected chi connectivity index (χ1v) is 4.42. The van der Waals surface area contributed by atoms with Gasteiger partial charge in [-0.15, -0.1) is 0 Å². The number of carbonyl (C=O) groups is 1. The van der Waals surface area contributed by atoms with E-state index < -0.39 is 11.5 Å². The molecule has 0 saturated carbocycles. The second-order valence-corrected chi connectivity index (χ2v) is 3.79. The van der Waals surface area contributed by atoms with Gasteiger partial charge in [0.05, 0.1) is 5.69 Å². The third-order valence-corrected chi connectivity index (χ3v) is 2.15. The van der Waals surface area contributed by atoms with Crippen LogP contribution >= 0.6 is 0 Å². The largest absolute Gasteiger partial charge is 0.506 e. The van der Waals surface area contributed by atoms with E-state index in [2.05, 4.69) is 0 Å². The molecular weight excluding hydrogens is 196 g/mol. The summed E-state index contributed by atoms with van der Waals surface area (Å²) in [6.45, 7) is 1.42. The quantitative estimate of drug-likeness (QED) is 0.424. The van der Waals surface area contributed by atoms with Crippen molar-refractivity contribution in [1.82, 2.24) is 0 Å². The molecule has 1 aromatic carbocycles. The second-order valence-electron chi connectivity index (χ2n) is 3.79. The molecule has 0 amide bonds. The van der Waals surface area contributed by atoms with Crippen LogP contribution in [0.5, 0.6) is 5.75 Å². The first-order valence-electron chi connectivity index (χ1n) is 4.42. The van der Waals surface area contributed by atoms with Crippen LogP contribution < -0.4 is 11.5 Å². The van der Waals surface area contributed by atoms with Gasteiger partial charge in [-0.2, -0.15) is 0 Å². The van der Waals surface area contributed by atoms with Gasteiger partial charge in [0.2, 0.25) is 0 Å². The summed E-state index contributed by atoms with van der Waals surface area (Å²) in [6.07, 6.45) is 0.135. The average Bonchev–Trinajstić information content (AvgIpc) is 2.10. The van der Waals surface area contributed by atoms with Crippen molar-refractivity contribution >= 4 is 11.7 Å². The smallest absolute Gasteiger partial charge is 0.323 e. The summed E-state index contributed by atoms with van der Waals surface area (Å²) in [5, 5.41) is 18.1. The van der Waals surface area contributed by atoms with Gasteiger partial charge in [-0.1, -0.05) is 6.07 Å². The number of anilines is 1. The summed E-state index contributed by atoms with van der Waals surface area (Å²) in [6, 6.07) is 4.58. The second kappa shape index (κ2) is 3.78. The molecule has 1 atom stereocenters. The van der Waals surface area contributed by atoms with Crippen LogP contribution in [-0.4, -0.2) is 21.7 Å². The van der Waals surface area contributed by atoms with Gasteiger partial charge in [-0.3, -0.25) is 4.79 Å². The monoisotopic (exact) mass is 210 g/mol. The van der Waals surface area contributed by atoms with Crippen LogP contribution in [0.4, 0.5) is 5.69 Å². The minimum absolute atomic E-state index is 0.0614. The summed E-state index contributed by atoms with van der Waals surface area (Å²) in [4.78, 5) is 10.8. The molecule has 0 aliphatic heterocycles. The van der Waals surface area contributed by atoms with Crippen molar-refractivity contribution in [2.75, 3.05) is 5.73 Å². The van der Waals surface area contributed by atoms with Gasteiger partial charge in [0.25, 0.3) is 0 Å². The fourth-order valence-corrected chi connectivity index (χ4v) is 1.20. The van der Waals surface area contributed by atoms with E-state index in [4.69, 9.17) is 16.6 Å². The van der Waals surface area contributed by atoms with Crippen LogP contribution in [0, 0.1) is 0 Å². The predicted octanol–water partition coefficient (Wildman–Crippen LogP) is 0.319. The third-order valence-electron chi connectivity index (χ3n) is 2.15. The molecule has 6 N–H and O–H groups in total. The number of aliphatic carboxylic acids is 1. The zero-order valence-electron chi connectivity index (χ0n) is 8.40. The lowest BCUT2D eigenvalue weighted by Gasteiger charge is -2.19. The highest BCUT2D eigenvalue weighted by atomic mass is 16.4. The summed E-state index contributed by atoms with van der Waals surface area (Å²) < 4.78 is 0. The Balaban J connectivity index is 2.91. The molecule has 5 heteroatoms. The predicted molar refractivity (Wildman–Crippen MR) is 56.5 cm³/mol. The highest BCUT2D eigenvalue weighted by Crippen LogP contribution is 2.22. The fraction of sp³-hybridized carbons (Fsp3) is 0.300. The lowest BCUT2D eigenvalue weighted by atomic mass is 9.94. The van der Waals surface area contributed by atoms with Gasteiger partial charge in [0.15, 0.2) is 0 Å². The van der Waals surface area contributed by atoms with Gasteiger partial charge >= 0.3 is 5.97 Å². The molecule has 0 radical (unpaired) electrons. The number of carboxylic acids is 1. The first kappa shape index (κ1) is 11.3. The Hall–Kier alpha value is -1.75. The summed E-state index contributed by atoms with van der Waals surface area (Å²) in [5.74, 6) is -1.15. The van der Waals surface area contributed by atoms with Crippen molar-refractivity contribution in [1.29, 1.82) is 0 Å². The van der Waals surface area contributed by atoms with Crippen molar-refractivity contribution in [3.8, 4) is 5.75 Å². The topological polar surface area (TPSA) is 110 Å². The van der Waals surface area contributed by atoms with E-state index in [1.165, 1.54) is 19.1 Å². The summed E-state index contributed by atoms with van der Waals surface area (Å²) in [5.41, 5.74) is 10.5. The minimum Gasteiger partial charge on any atom is -0.506 e. The van der Waals surface area contributed by atoms with Gasteiger partial charge in [0, 0.05) is 6.42 Å². The maximum atomic E-state index is 10.8. The molecule has 0 heterocycles. The van der Waals surface area contributed by atoms with Crippen LogP contribution in [-0.2, 0) is 11.2 Å². The van der Waals surface area contributed by atoms with E-state index in [1.54, 1.807) is 6.07 Å². The molecule has 0 spiro atoms. The molecule has 0 aliphatic carbocycles. The molecule has 0 aromatic heterocycles. The maximum Gasteiger partial charge on any atom is 0.323 e. The normalized spacial score (nSPS) is 14.5. The van der Waals surface area contributed by atoms with E-state index >= 15 is 0 Å². The zero-order valence-corrected chi connectivity index (χ0v) is 8.40. The molecule has 0 aliphatic rings. The van der Waals surface area contributed by atoms with Crippen LogP contribution in [0.1, 0.15) is 12.5 Å². The molecule has 0 fully saturated rings. The molecule has 1 rings (SSSR count). The van der Waals surface area contributed by atoms with Crippen molar-refractivity contribution in [3.05, 3.63) is 23.8 Å². The SMILES string of the molecule is CC(N)(Cc1ccc(N)c(O)c1)C(=O)O. The molecular formula is C10H14N2O3. The standard InChI is InChI=1S/C10H14N2O3/c1-10(12,9(14)15)5-6-2-3-7(11)8(13)4-6/h2-4,13H,5,11-12H2,1H3,(H,14,15). The first-order chi connectivity index (χ1) is 6.83. The van der Waals surface area contributed by atoms with E-state index in [-0.39, 0.29) is 17.9 Å². The Morgan fingerprint density at radius 2 is 2.13 bits per heavy atom. The average molecular weight is 210 g/mol. The lowest BCUT2D eigenvalue weighted by molar-refractivity contribution is -0.142. The van der Waals surface area contributed by atoms with E-state index in [0.717, 1.165) is 0 Å². The van der Waals surface area contributed by atoms with Gasteiger partial charge in [0.1, 0.15) is 11.3 Å². The molecule has 15 heavy (non-hydrogen) atoms. The molecule has 5 nitrogen and oxygen atoms in total. The number of hydrogen-bond donors (Lipinski definition) is 4. The molecule has 0 saturated heterocycles. The van der Waals surface area contributed by atoms with Crippen molar-refractivity contribution in [2.45, 2.75) is 18.9 Å². The Bertz CT molecular complexity index is 388. The van der Waals surface area contributed by atoms with E-state index in [1.807, 2.05) is 0 Å². The number of benzene rings is 1. The van der Waals surface area contributed by atoms with Crippen LogP contribution in [0.3, 0.4) is 0 Å². The van der Waals surface area contributed by atoms with Crippen LogP contribution in [0.15, 0.2) is 18.2 Å². The number of nitrogen functional groups attached to an aromatic ring is 1. The van der Waals surface area contributed by atoms with E-state index in [9.17, 15) is 9.90 Å². The van der Waals surface area contributed by atoms with Gasteiger partial charge < -0.3 is 21.7 Å². The highest BCUT2D eigenvalue weighted by molar-refractivity contribution is 5.78. The number of rotatable bonds is 3. The fourth-order valence-electron chi connectivity index (χ4n) is 1.20. The molecule has 82 valence electrons. The third kappa shape index (κ3) is 2.60. The Morgan fingerprint density at radius 3 is 2.60 bits per heavy atom. The lowest BCUT2D eigenvalue weighted by Crippen LogP contribution is -2.46. The Labute approximate surface area is 87.3 Å². The number of nitrogens with two attached hydrogens (primary N) is 2. The Morgan fingerprint density at radius 1 is 1.53 bits per heavy atom. The summed E-state index contributed by atoms with van der Waals surface area (Å²) in [7, 11) is 0. The van der Waals surface area contributed by atoms with Crippen molar-refractivity contribution < 1.29 is 15.0 Å². The minimum atomic E-state index is -1.34. The molecule has 1 unspecified atom stereocenters. The number of carboxylic acid groups (broad SMARTS) is 1. The van der Waals surface area contributed by atoms with Crippen molar-refractivity contribution in [2.24, 2.45) is 5.73 Å². The van der Waals surface area contributed by atoms with Gasteiger partial charge in [-0.25, -0.2) is 0 Å². The van der Waals surface area contributed by atoms with Crippen LogP contribution in [0.2, 0.25) is 0 Å². The van der Waals surface area contributed by atoms with Gasteiger partial charge in [-0.05, 0) is 24.6 Å².